The fourth-order valence-corrected chi connectivity index (χ4v) is 1.97. The molecular weight excluding hydrogens is 324 g/mol. The van der Waals surface area contributed by atoms with Gasteiger partial charge in [0.1, 0.15) is 17.6 Å². The van der Waals surface area contributed by atoms with Crippen LogP contribution in [0, 0.1) is 11.3 Å². The van der Waals surface area contributed by atoms with Crippen LogP contribution in [0.15, 0.2) is 40.9 Å². The maximum Gasteiger partial charge on any atom is 0.259 e. The van der Waals surface area contributed by atoms with Gasteiger partial charge in [0.2, 0.25) is 0 Å². The van der Waals surface area contributed by atoms with Crippen molar-refractivity contribution in [1.29, 1.82) is 5.26 Å². The lowest BCUT2D eigenvalue weighted by Gasteiger charge is -2.09. The molecule has 6 heteroatoms. The highest BCUT2D eigenvalue weighted by molar-refractivity contribution is 9.10. The molecule has 100 valence electrons. The summed E-state index contributed by atoms with van der Waals surface area (Å²) in [6.07, 6.45) is 0. The Hall–Kier alpha value is -2.52. The molecule has 2 rings (SSSR count). The molecule has 0 atom stereocenters. The first-order chi connectivity index (χ1) is 9.51. The monoisotopic (exact) mass is 332 g/mol. The number of phenolic OH excluding ortho intramolecular Hbond substituents is 2. The molecule has 0 bridgehead atoms. The Kier molecular flexibility index (Phi) is 3.91. The van der Waals surface area contributed by atoms with Crippen LogP contribution in [0.4, 0.5) is 5.69 Å². The van der Waals surface area contributed by atoms with Crippen LogP contribution in [-0.2, 0) is 0 Å². The van der Waals surface area contributed by atoms with E-state index in [2.05, 4.69) is 21.2 Å². The lowest BCUT2D eigenvalue weighted by atomic mass is 10.1. The quantitative estimate of drug-likeness (QED) is 0.737. The number of nitrogens with zero attached hydrogens (tertiary/aromatic N) is 1. The molecule has 0 spiro atoms. The van der Waals surface area contributed by atoms with Gasteiger partial charge in [-0.15, -0.1) is 0 Å². The van der Waals surface area contributed by atoms with Crippen molar-refractivity contribution in [3.63, 3.8) is 0 Å². The molecule has 3 N–H and O–H groups in total. The Balaban J connectivity index is 2.33. The van der Waals surface area contributed by atoms with Crippen LogP contribution in [0.25, 0.3) is 0 Å². The molecule has 0 saturated carbocycles. The average Bonchev–Trinajstić information content (AvgIpc) is 2.43. The minimum Gasteiger partial charge on any atom is -0.508 e. The summed E-state index contributed by atoms with van der Waals surface area (Å²) < 4.78 is 0.715. The van der Waals surface area contributed by atoms with Gasteiger partial charge < -0.3 is 15.5 Å². The van der Waals surface area contributed by atoms with Crippen LogP contribution < -0.4 is 5.32 Å². The number of nitrogens with one attached hydrogen (secondary N) is 1. The molecule has 20 heavy (non-hydrogen) atoms. The topological polar surface area (TPSA) is 93.4 Å². The zero-order chi connectivity index (χ0) is 14.7. The van der Waals surface area contributed by atoms with Crippen LogP contribution in [0.5, 0.6) is 11.5 Å². The molecule has 0 unspecified atom stereocenters. The molecule has 1 amide bonds. The number of hydrogen-bond acceptors (Lipinski definition) is 4. The van der Waals surface area contributed by atoms with E-state index >= 15 is 0 Å². The van der Waals surface area contributed by atoms with E-state index in [1.165, 1.54) is 12.1 Å². The number of phenols is 2. The Morgan fingerprint density at radius 1 is 1.20 bits per heavy atom. The van der Waals surface area contributed by atoms with Crippen LogP contribution in [0.2, 0.25) is 0 Å². The summed E-state index contributed by atoms with van der Waals surface area (Å²) in [6, 6.07) is 10.4. The van der Waals surface area contributed by atoms with Crippen LogP contribution in [0.3, 0.4) is 0 Å². The number of halogens is 1. The van der Waals surface area contributed by atoms with Crippen molar-refractivity contribution in [2.45, 2.75) is 0 Å². The van der Waals surface area contributed by atoms with Gasteiger partial charge in [0.25, 0.3) is 5.91 Å². The number of anilines is 1. The number of amides is 1. The molecule has 0 aliphatic carbocycles. The van der Waals surface area contributed by atoms with Gasteiger partial charge in [0.15, 0.2) is 0 Å². The molecule has 0 fully saturated rings. The van der Waals surface area contributed by atoms with Crippen molar-refractivity contribution in [2.75, 3.05) is 5.32 Å². The van der Waals surface area contributed by atoms with Crippen LogP contribution in [0.1, 0.15) is 15.9 Å². The fraction of sp³-hybridized carbons (Fsp3) is 0. The summed E-state index contributed by atoms with van der Waals surface area (Å²) in [4.78, 5) is 12.0. The molecular formula is C14H9BrN2O3. The number of rotatable bonds is 2. The molecule has 5 nitrogen and oxygen atoms in total. The summed E-state index contributed by atoms with van der Waals surface area (Å²) in [6.45, 7) is 0. The van der Waals surface area contributed by atoms with Crippen molar-refractivity contribution >= 4 is 27.5 Å². The van der Waals surface area contributed by atoms with Gasteiger partial charge in [-0.2, -0.15) is 5.26 Å². The Labute approximate surface area is 123 Å². The largest absolute Gasteiger partial charge is 0.508 e. The Morgan fingerprint density at radius 3 is 2.65 bits per heavy atom. The normalized spacial score (nSPS) is 9.80. The van der Waals surface area contributed by atoms with Gasteiger partial charge >= 0.3 is 0 Å². The standard InChI is InChI=1S/C14H9BrN2O3/c15-9-1-3-12(8(5-9)7-16)17-14(20)11-6-10(18)2-4-13(11)19/h1-6,18-19H,(H,17,20). The summed E-state index contributed by atoms with van der Waals surface area (Å²) in [7, 11) is 0. The summed E-state index contributed by atoms with van der Waals surface area (Å²) in [5.41, 5.74) is 0.535. The lowest BCUT2D eigenvalue weighted by molar-refractivity contribution is 0.102. The summed E-state index contributed by atoms with van der Waals surface area (Å²) in [5.74, 6) is -1.00. The van der Waals surface area contributed by atoms with Crippen molar-refractivity contribution in [3.05, 3.63) is 52.0 Å². The SMILES string of the molecule is N#Cc1cc(Br)ccc1NC(=O)c1cc(O)ccc1O. The van der Waals surface area contributed by atoms with Gasteiger partial charge in [-0.25, -0.2) is 0 Å². The molecule has 0 saturated heterocycles. The zero-order valence-corrected chi connectivity index (χ0v) is 11.7. The minimum absolute atomic E-state index is 0.0724. The van der Waals surface area contributed by atoms with Gasteiger partial charge in [0.05, 0.1) is 16.8 Å². The summed E-state index contributed by atoms with van der Waals surface area (Å²) in [5, 5.41) is 30.5. The maximum atomic E-state index is 12.0. The van der Waals surface area contributed by atoms with Crippen LogP contribution >= 0.6 is 15.9 Å². The smallest absolute Gasteiger partial charge is 0.259 e. The maximum absolute atomic E-state index is 12.0. The average molecular weight is 333 g/mol. The number of nitriles is 1. The molecule has 0 aromatic heterocycles. The van der Waals surface area contributed by atoms with Crippen molar-refractivity contribution < 1.29 is 15.0 Å². The highest BCUT2D eigenvalue weighted by Gasteiger charge is 2.14. The third-order valence-electron chi connectivity index (χ3n) is 2.58. The molecule has 0 heterocycles. The van der Waals surface area contributed by atoms with E-state index < -0.39 is 5.91 Å². The predicted molar refractivity (Wildman–Crippen MR) is 76.6 cm³/mol. The highest BCUT2D eigenvalue weighted by atomic mass is 79.9. The summed E-state index contributed by atoms with van der Waals surface area (Å²) >= 11 is 3.23. The molecule has 2 aromatic rings. The zero-order valence-electron chi connectivity index (χ0n) is 10.1. The van der Waals surface area contributed by atoms with E-state index in [1.807, 2.05) is 6.07 Å². The van der Waals surface area contributed by atoms with Crippen molar-refractivity contribution in [3.8, 4) is 17.6 Å². The van der Waals surface area contributed by atoms with Gasteiger partial charge in [-0.3, -0.25) is 4.79 Å². The van der Waals surface area contributed by atoms with Crippen molar-refractivity contribution in [1.82, 2.24) is 0 Å². The third-order valence-corrected chi connectivity index (χ3v) is 3.07. The highest BCUT2D eigenvalue weighted by Crippen LogP contribution is 2.25. The van der Waals surface area contributed by atoms with Gasteiger partial charge in [-0.05, 0) is 36.4 Å². The number of carbonyl (C=O) groups excluding carboxylic acids is 1. The van der Waals surface area contributed by atoms with Gasteiger partial charge in [0, 0.05) is 4.47 Å². The number of carbonyl (C=O) groups is 1. The molecule has 0 aliphatic rings. The van der Waals surface area contributed by atoms with Crippen LogP contribution in [-0.4, -0.2) is 16.1 Å². The Bertz CT molecular complexity index is 723. The first kappa shape index (κ1) is 13.9. The molecule has 0 aliphatic heterocycles. The van der Waals surface area contributed by atoms with Crippen molar-refractivity contribution in [2.24, 2.45) is 0 Å². The minimum atomic E-state index is -0.614. The second-order valence-corrected chi connectivity index (χ2v) is 4.87. The van der Waals surface area contributed by atoms with E-state index in [-0.39, 0.29) is 22.6 Å². The number of hydrogen-bond donors (Lipinski definition) is 3. The first-order valence-electron chi connectivity index (χ1n) is 5.54. The van der Waals surface area contributed by atoms with E-state index in [9.17, 15) is 15.0 Å². The molecule has 0 radical (unpaired) electrons. The predicted octanol–water partition coefficient (Wildman–Crippen LogP) is 2.98. The van der Waals surface area contributed by atoms with Gasteiger partial charge in [-0.1, -0.05) is 15.9 Å². The van der Waals surface area contributed by atoms with E-state index in [0.717, 1.165) is 6.07 Å². The lowest BCUT2D eigenvalue weighted by Crippen LogP contribution is -2.13. The van der Waals surface area contributed by atoms with E-state index in [4.69, 9.17) is 5.26 Å². The van der Waals surface area contributed by atoms with E-state index in [0.29, 0.717) is 10.2 Å². The number of benzene rings is 2. The first-order valence-corrected chi connectivity index (χ1v) is 6.33. The molecule has 2 aromatic carbocycles. The van der Waals surface area contributed by atoms with E-state index in [1.54, 1.807) is 18.2 Å². The fourth-order valence-electron chi connectivity index (χ4n) is 1.61. The third kappa shape index (κ3) is 2.90. The number of aromatic hydroxyl groups is 2. The Morgan fingerprint density at radius 2 is 1.95 bits per heavy atom. The second kappa shape index (κ2) is 5.63. The second-order valence-electron chi connectivity index (χ2n) is 3.96.